The topological polar surface area (TPSA) is 77.2 Å². The first-order chi connectivity index (χ1) is 12.6. The number of hydrogen-bond acceptors (Lipinski definition) is 5. The van der Waals surface area contributed by atoms with Gasteiger partial charge in [-0.15, -0.1) is 0 Å². The summed E-state index contributed by atoms with van der Waals surface area (Å²) in [5.74, 6) is 0.608. The lowest BCUT2D eigenvalue weighted by Gasteiger charge is -2.33. The number of carbonyl (C=O) groups is 2. The molecule has 3 rings (SSSR count). The molecule has 7 heteroatoms. The Kier molecular flexibility index (Phi) is 6.32. The Morgan fingerprint density at radius 3 is 2.46 bits per heavy atom. The second kappa shape index (κ2) is 8.68. The largest absolute Gasteiger partial charge is 0.459 e. The van der Waals surface area contributed by atoms with Crippen molar-refractivity contribution in [3.05, 3.63) is 23.7 Å². The van der Waals surface area contributed by atoms with Crippen LogP contribution in [0, 0.1) is 12.8 Å². The molecule has 0 atom stereocenters. The maximum atomic E-state index is 12.9. The van der Waals surface area contributed by atoms with Gasteiger partial charge in [0.25, 0.3) is 5.91 Å². The van der Waals surface area contributed by atoms with Crippen LogP contribution in [0.1, 0.15) is 35.4 Å². The fourth-order valence-corrected chi connectivity index (χ4v) is 3.88. The van der Waals surface area contributed by atoms with Gasteiger partial charge in [-0.05, 0) is 45.3 Å². The maximum Gasteiger partial charge on any atom is 0.289 e. The average molecular weight is 363 g/mol. The molecule has 0 aromatic carbocycles. The number of likely N-dealkylation sites (tertiary alicyclic amines) is 1. The molecule has 1 aromatic heterocycles. The number of β-amino-alcohol motifs (C(OH)–C–C–N with tert-alkyl or cyclic N) is 1. The van der Waals surface area contributed by atoms with Crippen molar-refractivity contribution in [1.29, 1.82) is 0 Å². The molecule has 0 bridgehead atoms. The van der Waals surface area contributed by atoms with E-state index in [0.29, 0.717) is 38.5 Å². The zero-order valence-corrected chi connectivity index (χ0v) is 15.5. The van der Waals surface area contributed by atoms with Crippen LogP contribution in [0.4, 0.5) is 0 Å². The lowest BCUT2D eigenvalue weighted by Crippen LogP contribution is -2.44. The lowest BCUT2D eigenvalue weighted by atomic mass is 9.95. The summed E-state index contributed by atoms with van der Waals surface area (Å²) in [6.45, 7) is 6.95. The van der Waals surface area contributed by atoms with E-state index in [1.54, 1.807) is 17.2 Å². The Bertz CT molecular complexity index is 622. The number of furan rings is 1. The van der Waals surface area contributed by atoms with E-state index in [4.69, 9.17) is 9.52 Å². The summed E-state index contributed by atoms with van der Waals surface area (Å²) < 4.78 is 5.33. The van der Waals surface area contributed by atoms with Crippen molar-refractivity contribution < 1.29 is 19.1 Å². The first-order valence-electron chi connectivity index (χ1n) is 9.55. The second-order valence-electron chi connectivity index (χ2n) is 7.24. The van der Waals surface area contributed by atoms with Crippen molar-refractivity contribution in [3.63, 3.8) is 0 Å². The summed E-state index contributed by atoms with van der Waals surface area (Å²) in [5.41, 5.74) is 0.849. The van der Waals surface area contributed by atoms with Gasteiger partial charge in [0, 0.05) is 44.2 Å². The Hall–Kier alpha value is -1.86. The predicted molar refractivity (Wildman–Crippen MR) is 96.8 cm³/mol. The highest BCUT2D eigenvalue weighted by Gasteiger charge is 2.30. The number of aryl methyl sites for hydroxylation is 1. The molecule has 1 N–H and O–H groups in total. The molecule has 0 unspecified atom stereocenters. The molecule has 2 amide bonds. The van der Waals surface area contributed by atoms with Crippen LogP contribution < -0.4 is 0 Å². The maximum absolute atomic E-state index is 12.9. The average Bonchev–Trinajstić information content (AvgIpc) is 2.93. The van der Waals surface area contributed by atoms with Crippen LogP contribution in [0.5, 0.6) is 0 Å². The highest BCUT2D eigenvalue weighted by atomic mass is 16.3. The smallest absolute Gasteiger partial charge is 0.289 e. The summed E-state index contributed by atoms with van der Waals surface area (Å²) in [4.78, 5) is 31.4. The molecule has 0 aliphatic carbocycles. The summed E-state index contributed by atoms with van der Waals surface area (Å²) in [6, 6.07) is 1.80. The molecule has 0 spiro atoms. The quantitative estimate of drug-likeness (QED) is 0.862. The molecular weight excluding hydrogens is 334 g/mol. The fraction of sp³-hybridized carbons (Fsp3) is 0.684. The van der Waals surface area contributed by atoms with E-state index >= 15 is 0 Å². The molecule has 144 valence electrons. The molecule has 26 heavy (non-hydrogen) atoms. The molecule has 0 radical (unpaired) electrons. The normalized spacial score (nSPS) is 20.2. The number of hydrogen-bond donors (Lipinski definition) is 1. The molecule has 2 aliphatic rings. The van der Waals surface area contributed by atoms with Crippen LogP contribution >= 0.6 is 0 Å². The highest BCUT2D eigenvalue weighted by molar-refractivity contribution is 5.93. The third-order valence-corrected chi connectivity index (χ3v) is 5.50. The Labute approximate surface area is 154 Å². The number of aliphatic hydroxyl groups excluding tert-OH is 1. The summed E-state index contributed by atoms with van der Waals surface area (Å²) in [6.07, 6.45) is 4.03. The van der Waals surface area contributed by atoms with E-state index in [2.05, 4.69) is 4.90 Å². The van der Waals surface area contributed by atoms with Crippen LogP contribution in [0.25, 0.3) is 0 Å². The zero-order valence-electron chi connectivity index (χ0n) is 15.5. The summed E-state index contributed by atoms with van der Waals surface area (Å²) in [5, 5.41) is 9.03. The van der Waals surface area contributed by atoms with E-state index in [1.165, 1.54) is 0 Å². The van der Waals surface area contributed by atoms with Crippen molar-refractivity contribution >= 4 is 11.8 Å². The molecule has 2 saturated heterocycles. The Morgan fingerprint density at radius 1 is 1.12 bits per heavy atom. The van der Waals surface area contributed by atoms with Crippen LogP contribution in [-0.2, 0) is 4.79 Å². The van der Waals surface area contributed by atoms with Crippen molar-refractivity contribution in [2.45, 2.75) is 26.2 Å². The van der Waals surface area contributed by atoms with Crippen LogP contribution in [0.15, 0.2) is 16.7 Å². The van der Waals surface area contributed by atoms with Gasteiger partial charge < -0.3 is 24.2 Å². The Morgan fingerprint density at radius 2 is 1.81 bits per heavy atom. The highest BCUT2D eigenvalue weighted by Crippen LogP contribution is 2.21. The number of amides is 2. The van der Waals surface area contributed by atoms with E-state index in [1.807, 2.05) is 11.8 Å². The van der Waals surface area contributed by atoms with E-state index < -0.39 is 0 Å². The van der Waals surface area contributed by atoms with E-state index in [0.717, 1.165) is 37.9 Å². The number of carbonyl (C=O) groups excluding carboxylic acids is 2. The third-order valence-electron chi connectivity index (χ3n) is 5.50. The molecule has 1 aromatic rings. The minimum atomic E-state index is -0.0842. The second-order valence-corrected chi connectivity index (χ2v) is 7.24. The zero-order chi connectivity index (χ0) is 18.5. The van der Waals surface area contributed by atoms with Crippen LogP contribution in [0.3, 0.4) is 0 Å². The third kappa shape index (κ3) is 4.27. The van der Waals surface area contributed by atoms with Crippen molar-refractivity contribution in [1.82, 2.24) is 14.7 Å². The van der Waals surface area contributed by atoms with Crippen molar-refractivity contribution in [2.24, 2.45) is 5.92 Å². The molecular formula is C19H29N3O4. The van der Waals surface area contributed by atoms with Gasteiger partial charge in [0.2, 0.25) is 5.91 Å². The fourth-order valence-electron chi connectivity index (χ4n) is 3.88. The number of nitrogens with zero attached hydrogens (tertiary/aromatic N) is 3. The van der Waals surface area contributed by atoms with Gasteiger partial charge in [-0.2, -0.15) is 0 Å². The van der Waals surface area contributed by atoms with Crippen molar-refractivity contribution in [2.75, 3.05) is 52.4 Å². The number of rotatable bonds is 4. The monoisotopic (exact) mass is 363 g/mol. The van der Waals surface area contributed by atoms with Crippen LogP contribution in [-0.4, -0.2) is 84.0 Å². The molecule has 2 aliphatic heterocycles. The lowest BCUT2D eigenvalue weighted by molar-refractivity contribution is -0.137. The number of aliphatic hydroxyl groups is 1. The van der Waals surface area contributed by atoms with Gasteiger partial charge in [-0.25, -0.2) is 0 Å². The van der Waals surface area contributed by atoms with Crippen molar-refractivity contribution in [3.8, 4) is 0 Å². The van der Waals surface area contributed by atoms with E-state index in [9.17, 15) is 9.59 Å². The van der Waals surface area contributed by atoms with E-state index in [-0.39, 0.29) is 24.3 Å². The minimum Gasteiger partial charge on any atom is -0.459 e. The standard InChI is InChI=1S/C19H29N3O4/c1-15-5-14-26-17(15)19(25)22-7-2-6-21(10-11-22)18(24)16-3-8-20(9-4-16)12-13-23/h5,14,16,23H,2-4,6-13H2,1H3. The predicted octanol–water partition coefficient (Wildman–Crippen LogP) is 0.967. The van der Waals surface area contributed by atoms with Gasteiger partial charge in [0.15, 0.2) is 5.76 Å². The summed E-state index contributed by atoms with van der Waals surface area (Å²) in [7, 11) is 0. The molecule has 2 fully saturated rings. The molecule has 7 nitrogen and oxygen atoms in total. The first-order valence-corrected chi connectivity index (χ1v) is 9.55. The number of piperidine rings is 1. The van der Waals surface area contributed by atoms with Gasteiger partial charge in [0.05, 0.1) is 12.9 Å². The molecule has 0 saturated carbocycles. The Balaban J connectivity index is 1.53. The SMILES string of the molecule is Cc1ccoc1C(=O)N1CCCN(C(=O)C2CCN(CCO)CC2)CC1. The van der Waals surface area contributed by atoms with Gasteiger partial charge >= 0.3 is 0 Å². The van der Waals surface area contributed by atoms with Crippen LogP contribution in [0.2, 0.25) is 0 Å². The van der Waals surface area contributed by atoms with Gasteiger partial charge in [0.1, 0.15) is 0 Å². The van der Waals surface area contributed by atoms with Gasteiger partial charge in [-0.1, -0.05) is 0 Å². The summed E-state index contributed by atoms with van der Waals surface area (Å²) >= 11 is 0. The first kappa shape index (κ1) is 18.9. The molecule has 3 heterocycles. The minimum absolute atomic E-state index is 0.0690. The van der Waals surface area contributed by atoms with Gasteiger partial charge in [-0.3, -0.25) is 9.59 Å².